The van der Waals surface area contributed by atoms with Gasteiger partial charge in [-0.3, -0.25) is 0 Å². The van der Waals surface area contributed by atoms with Crippen LogP contribution >= 0.6 is 0 Å². The summed E-state index contributed by atoms with van der Waals surface area (Å²) in [4.78, 5) is 0. The minimum absolute atomic E-state index is 0.166. The van der Waals surface area contributed by atoms with E-state index in [4.69, 9.17) is 0 Å². The van der Waals surface area contributed by atoms with E-state index in [1.165, 1.54) is 17.2 Å². The lowest BCUT2D eigenvalue weighted by Gasteiger charge is -2.18. The molecule has 0 fully saturated rings. The zero-order chi connectivity index (χ0) is 14.4. The van der Waals surface area contributed by atoms with E-state index >= 15 is 0 Å². The van der Waals surface area contributed by atoms with Gasteiger partial charge in [-0.2, -0.15) is 0 Å². The highest BCUT2D eigenvalue weighted by Gasteiger charge is 2.11. The van der Waals surface area contributed by atoms with Crippen molar-refractivity contribution in [1.29, 1.82) is 0 Å². The first-order valence-electron chi connectivity index (χ1n) is 7.23. The highest BCUT2D eigenvalue weighted by atomic mass is 19.1. The Morgan fingerprint density at radius 3 is 2.60 bits per heavy atom. The molecule has 0 radical (unpaired) electrons. The van der Waals surface area contributed by atoms with Crippen LogP contribution in [0.25, 0.3) is 0 Å². The molecule has 2 aromatic carbocycles. The Hall–Kier alpha value is -1.67. The van der Waals surface area contributed by atoms with Crippen LogP contribution in [-0.4, -0.2) is 6.54 Å². The van der Waals surface area contributed by atoms with Gasteiger partial charge in [-0.1, -0.05) is 48.9 Å². The average Bonchev–Trinajstić information content (AvgIpc) is 2.43. The molecular weight excluding hydrogens is 249 g/mol. The topological polar surface area (TPSA) is 12.0 Å². The smallest absolute Gasteiger partial charge is 0.123 e. The summed E-state index contributed by atoms with van der Waals surface area (Å²) in [6, 6.07) is 15.7. The van der Waals surface area contributed by atoms with Crippen LogP contribution in [0.2, 0.25) is 0 Å². The van der Waals surface area contributed by atoms with Gasteiger partial charge in [-0.15, -0.1) is 0 Å². The van der Waals surface area contributed by atoms with Gasteiger partial charge in [0.15, 0.2) is 0 Å². The second kappa shape index (κ2) is 7.20. The molecule has 2 rings (SSSR count). The van der Waals surface area contributed by atoms with Gasteiger partial charge in [0.2, 0.25) is 0 Å². The Kier molecular flexibility index (Phi) is 5.31. The van der Waals surface area contributed by atoms with Crippen molar-refractivity contribution in [2.75, 3.05) is 6.54 Å². The second-order valence-electron chi connectivity index (χ2n) is 5.19. The zero-order valence-electron chi connectivity index (χ0n) is 12.2. The van der Waals surface area contributed by atoms with Gasteiger partial charge in [0.1, 0.15) is 5.82 Å². The molecule has 1 nitrogen and oxygen atoms in total. The Morgan fingerprint density at radius 2 is 1.90 bits per heavy atom. The van der Waals surface area contributed by atoms with Crippen LogP contribution in [0.15, 0.2) is 48.5 Å². The molecule has 2 aromatic rings. The summed E-state index contributed by atoms with van der Waals surface area (Å²) in [5.41, 5.74) is 3.65. The summed E-state index contributed by atoms with van der Waals surface area (Å²) >= 11 is 0. The number of hydrogen-bond acceptors (Lipinski definition) is 1. The van der Waals surface area contributed by atoms with E-state index in [2.05, 4.69) is 43.4 Å². The van der Waals surface area contributed by atoms with E-state index < -0.39 is 0 Å². The van der Waals surface area contributed by atoms with Crippen LogP contribution in [-0.2, 0) is 6.42 Å². The van der Waals surface area contributed by atoms with Gasteiger partial charge < -0.3 is 5.32 Å². The molecule has 1 N–H and O–H groups in total. The lowest BCUT2D eigenvalue weighted by Crippen LogP contribution is -2.21. The maximum Gasteiger partial charge on any atom is 0.123 e. The Morgan fingerprint density at radius 1 is 1.10 bits per heavy atom. The monoisotopic (exact) mass is 271 g/mol. The Labute approximate surface area is 120 Å². The van der Waals surface area contributed by atoms with Crippen LogP contribution in [0, 0.1) is 12.7 Å². The predicted octanol–water partition coefficient (Wildman–Crippen LogP) is 4.42. The molecule has 0 aliphatic heterocycles. The maximum atomic E-state index is 13.4. The lowest BCUT2D eigenvalue weighted by atomic mass is 9.98. The van der Waals surface area contributed by atoms with Gasteiger partial charge in [0.25, 0.3) is 0 Å². The van der Waals surface area contributed by atoms with Gasteiger partial charge in [-0.05, 0) is 49.6 Å². The third kappa shape index (κ3) is 4.17. The number of aryl methyl sites for hydroxylation is 2. The minimum atomic E-state index is -0.166. The van der Waals surface area contributed by atoms with E-state index in [1.54, 1.807) is 12.1 Å². The average molecular weight is 271 g/mol. The van der Waals surface area contributed by atoms with Gasteiger partial charge in [0, 0.05) is 6.04 Å². The summed E-state index contributed by atoms with van der Waals surface area (Å²) in [5, 5.41) is 3.44. The molecule has 0 amide bonds. The van der Waals surface area contributed by atoms with Crippen LogP contribution in [0.4, 0.5) is 4.39 Å². The van der Waals surface area contributed by atoms with E-state index in [1.807, 2.05) is 6.07 Å². The van der Waals surface area contributed by atoms with Crippen molar-refractivity contribution in [3.63, 3.8) is 0 Å². The third-order valence-corrected chi connectivity index (χ3v) is 3.51. The molecule has 1 unspecified atom stereocenters. The van der Waals surface area contributed by atoms with Crippen molar-refractivity contribution >= 4 is 0 Å². The van der Waals surface area contributed by atoms with E-state index in [0.29, 0.717) is 0 Å². The van der Waals surface area contributed by atoms with Crippen molar-refractivity contribution in [1.82, 2.24) is 5.32 Å². The van der Waals surface area contributed by atoms with Crippen LogP contribution in [0.3, 0.4) is 0 Å². The fraction of sp³-hybridized carbons (Fsp3) is 0.333. The van der Waals surface area contributed by atoms with Gasteiger partial charge in [0.05, 0.1) is 0 Å². The van der Waals surface area contributed by atoms with Crippen molar-refractivity contribution in [2.24, 2.45) is 0 Å². The second-order valence-corrected chi connectivity index (χ2v) is 5.19. The normalized spacial score (nSPS) is 12.3. The summed E-state index contributed by atoms with van der Waals surface area (Å²) in [5.74, 6) is -0.166. The maximum absolute atomic E-state index is 13.4. The molecule has 0 heterocycles. The predicted molar refractivity (Wildman–Crippen MR) is 82.3 cm³/mol. The van der Waals surface area contributed by atoms with Crippen LogP contribution in [0.1, 0.15) is 36.1 Å². The quantitative estimate of drug-likeness (QED) is 0.820. The molecule has 0 aliphatic carbocycles. The summed E-state index contributed by atoms with van der Waals surface area (Å²) in [6.45, 7) is 5.08. The molecule has 0 saturated carbocycles. The van der Waals surface area contributed by atoms with Gasteiger partial charge >= 0.3 is 0 Å². The summed E-state index contributed by atoms with van der Waals surface area (Å²) in [6.07, 6.45) is 1.97. The first-order chi connectivity index (χ1) is 9.69. The number of rotatable bonds is 6. The van der Waals surface area contributed by atoms with E-state index in [0.717, 1.165) is 24.9 Å². The molecule has 0 bridgehead atoms. The van der Waals surface area contributed by atoms with Crippen molar-refractivity contribution in [3.8, 4) is 0 Å². The number of benzene rings is 2. The van der Waals surface area contributed by atoms with Gasteiger partial charge in [-0.25, -0.2) is 4.39 Å². The summed E-state index contributed by atoms with van der Waals surface area (Å²) in [7, 11) is 0. The minimum Gasteiger partial charge on any atom is -0.310 e. The molecule has 1 atom stereocenters. The highest BCUT2D eigenvalue weighted by Crippen LogP contribution is 2.20. The molecule has 0 spiro atoms. The molecule has 20 heavy (non-hydrogen) atoms. The lowest BCUT2D eigenvalue weighted by molar-refractivity contribution is 0.511. The third-order valence-electron chi connectivity index (χ3n) is 3.51. The summed E-state index contributed by atoms with van der Waals surface area (Å²) < 4.78 is 13.4. The fourth-order valence-electron chi connectivity index (χ4n) is 2.53. The zero-order valence-corrected chi connectivity index (χ0v) is 12.2. The molecule has 2 heteroatoms. The molecule has 106 valence electrons. The molecule has 0 saturated heterocycles. The van der Waals surface area contributed by atoms with E-state index in [-0.39, 0.29) is 11.9 Å². The molecule has 0 aromatic heterocycles. The number of hydrogen-bond donors (Lipinski definition) is 1. The van der Waals surface area contributed by atoms with E-state index in [9.17, 15) is 4.39 Å². The Bertz CT molecular complexity index is 551. The Balaban J connectivity index is 2.06. The SMILES string of the molecule is CCNC(CCc1cccc(C)c1)c1cccc(F)c1. The molecule has 0 aliphatic rings. The number of halogens is 1. The fourth-order valence-corrected chi connectivity index (χ4v) is 2.53. The van der Waals surface area contributed by atoms with Crippen molar-refractivity contribution in [2.45, 2.75) is 32.7 Å². The largest absolute Gasteiger partial charge is 0.310 e. The molecular formula is C18H22FN. The first-order valence-corrected chi connectivity index (χ1v) is 7.23. The van der Waals surface area contributed by atoms with Crippen LogP contribution < -0.4 is 5.32 Å². The van der Waals surface area contributed by atoms with Crippen molar-refractivity contribution in [3.05, 3.63) is 71.0 Å². The standard InChI is InChI=1S/C18H22FN/c1-3-20-18(16-8-5-9-17(19)13-16)11-10-15-7-4-6-14(2)12-15/h4-9,12-13,18,20H,3,10-11H2,1-2H3. The number of nitrogens with one attached hydrogen (secondary N) is 1. The highest BCUT2D eigenvalue weighted by molar-refractivity contribution is 5.24. The van der Waals surface area contributed by atoms with Crippen LogP contribution in [0.5, 0.6) is 0 Å². The first kappa shape index (κ1) is 14.7. The van der Waals surface area contributed by atoms with Crippen molar-refractivity contribution < 1.29 is 4.39 Å².